The number of benzene rings is 1. The van der Waals surface area contributed by atoms with E-state index in [4.69, 9.17) is 22.5 Å². The molecule has 0 atom stereocenters. The number of nitrogens with two attached hydrogens (primary N) is 1. The van der Waals surface area contributed by atoms with Crippen LogP contribution in [0.3, 0.4) is 0 Å². The maximum Gasteiger partial charge on any atom is 0.253 e. The molecule has 0 radical (unpaired) electrons. The van der Waals surface area contributed by atoms with Gasteiger partial charge in [0.05, 0.1) is 5.02 Å². The Kier molecular flexibility index (Phi) is 6.30. The molecule has 6 nitrogen and oxygen atoms in total. The molecule has 7 heteroatoms. The van der Waals surface area contributed by atoms with Gasteiger partial charge in [-0.15, -0.1) is 0 Å². The van der Waals surface area contributed by atoms with Crippen LogP contribution >= 0.6 is 11.6 Å². The third kappa shape index (κ3) is 5.15. The highest BCUT2D eigenvalue weighted by molar-refractivity contribution is 6.32. The van der Waals surface area contributed by atoms with E-state index in [0.717, 1.165) is 0 Å². The zero-order valence-corrected chi connectivity index (χ0v) is 12.8. The number of oxime groups is 1. The van der Waals surface area contributed by atoms with Crippen LogP contribution in [-0.2, 0) is 0 Å². The SMILES string of the molecule is CC(C)CN(CCC(N)=NO)C(=O)c1ccc(O)c(Cl)c1. The third-order valence-corrected chi connectivity index (χ3v) is 3.14. The number of rotatable bonds is 6. The van der Waals surface area contributed by atoms with Crippen LogP contribution in [-0.4, -0.2) is 40.0 Å². The quantitative estimate of drug-likeness (QED) is 0.325. The van der Waals surface area contributed by atoms with Crippen molar-refractivity contribution in [2.24, 2.45) is 16.8 Å². The molecule has 0 aromatic heterocycles. The summed E-state index contributed by atoms with van der Waals surface area (Å²) in [6, 6.07) is 4.32. The fourth-order valence-electron chi connectivity index (χ4n) is 1.84. The van der Waals surface area contributed by atoms with Gasteiger partial charge in [-0.1, -0.05) is 30.6 Å². The molecule has 0 saturated carbocycles. The summed E-state index contributed by atoms with van der Waals surface area (Å²) in [5.41, 5.74) is 5.83. The van der Waals surface area contributed by atoms with Gasteiger partial charge in [0, 0.05) is 25.1 Å². The summed E-state index contributed by atoms with van der Waals surface area (Å²) in [5.74, 6) is 0.0609. The van der Waals surface area contributed by atoms with Gasteiger partial charge in [-0.05, 0) is 24.1 Å². The van der Waals surface area contributed by atoms with Gasteiger partial charge < -0.3 is 20.9 Å². The van der Waals surface area contributed by atoms with Crippen molar-refractivity contribution in [2.45, 2.75) is 20.3 Å². The van der Waals surface area contributed by atoms with E-state index in [1.807, 2.05) is 13.8 Å². The van der Waals surface area contributed by atoms with Crippen LogP contribution in [0.5, 0.6) is 5.75 Å². The summed E-state index contributed by atoms with van der Waals surface area (Å²) >= 11 is 5.83. The smallest absolute Gasteiger partial charge is 0.253 e. The Morgan fingerprint density at radius 3 is 2.67 bits per heavy atom. The molecule has 0 aliphatic rings. The molecule has 0 spiro atoms. The highest BCUT2D eigenvalue weighted by Gasteiger charge is 2.18. The lowest BCUT2D eigenvalue weighted by atomic mass is 10.1. The van der Waals surface area contributed by atoms with Crippen LogP contribution in [0, 0.1) is 5.92 Å². The zero-order chi connectivity index (χ0) is 16.0. The first-order valence-electron chi connectivity index (χ1n) is 6.59. The molecule has 1 aromatic carbocycles. The molecule has 4 N–H and O–H groups in total. The molecule has 1 rings (SSSR count). The highest BCUT2D eigenvalue weighted by atomic mass is 35.5. The molecule has 0 unspecified atom stereocenters. The number of aromatic hydroxyl groups is 1. The van der Waals surface area contributed by atoms with Gasteiger partial charge in [-0.25, -0.2) is 0 Å². The van der Waals surface area contributed by atoms with E-state index in [1.165, 1.54) is 18.2 Å². The Labute approximate surface area is 128 Å². The summed E-state index contributed by atoms with van der Waals surface area (Å²) in [4.78, 5) is 14.1. The summed E-state index contributed by atoms with van der Waals surface area (Å²) in [5, 5.41) is 21.0. The Hall–Kier alpha value is -1.95. The Balaban J connectivity index is 2.90. The second kappa shape index (κ2) is 7.73. The summed E-state index contributed by atoms with van der Waals surface area (Å²) in [7, 11) is 0. The lowest BCUT2D eigenvalue weighted by Gasteiger charge is -2.24. The number of carbonyl (C=O) groups excluding carboxylic acids is 1. The fourth-order valence-corrected chi connectivity index (χ4v) is 2.02. The third-order valence-electron chi connectivity index (χ3n) is 2.83. The molecule has 116 valence electrons. The fraction of sp³-hybridized carbons (Fsp3) is 0.429. The van der Waals surface area contributed by atoms with Gasteiger partial charge >= 0.3 is 0 Å². The number of hydrogen-bond acceptors (Lipinski definition) is 4. The Morgan fingerprint density at radius 1 is 1.48 bits per heavy atom. The van der Waals surface area contributed by atoms with E-state index in [9.17, 15) is 9.90 Å². The first kappa shape index (κ1) is 17.1. The second-order valence-electron chi connectivity index (χ2n) is 5.15. The lowest BCUT2D eigenvalue weighted by molar-refractivity contribution is 0.0740. The summed E-state index contributed by atoms with van der Waals surface area (Å²) < 4.78 is 0. The normalized spacial score (nSPS) is 11.7. The summed E-state index contributed by atoms with van der Waals surface area (Å²) in [6.45, 7) is 4.86. The van der Waals surface area contributed by atoms with E-state index in [2.05, 4.69) is 5.16 Å². The van der Waals surface area contributed by atoms with Crippen molar-refractivity contribution in [3.8, 4) is 5.75 Å². The lowest BCUT2D eigenvalue weighted by Crippen LogP contribution is -2.36. The van der Waals surface area contributed by atoms with Crippen LogP contribution in [0.25, 0.3) is 0 Å². The molecule has 0 heterocycles. The molecule has 0 aliphatic heterocycles. The van der Waals surface area contributed by atoms with Crippen molar-refractivity contribution in [3.63, 3.8) is 0 Å². The predicted molar refractivity (Wildman–Crippen MR) is 81.9 cm³/mol. The number of nitrogens with zero attached hydrogens (tertiary/aromatic N) is 2. The van der Waals surface area contributed by atoms with Crippen molar-refractivity contribution >= 4 is 23.3 Å². The monoisotopic (exact) mass is 313 g/mol. The predicted octanol–water partition coefficient (Wildman–Crippen LogP) is 2.28. The first-order chi connectivity index (χ1) is 9.85. The van der Waals surface area contributed by atoms with E-state index in [1.54, 1.807) is 4.90 Å². The van der Waals surface area contributed by atoms with Crippen LogP contribution in [0.4, 0.5) is 0 Å². The topological polar surface area (TPSA) is 99.1 Å². The number of halogens is 1. The van der Waals surface area contributed by atoms with E-state index in [-0.39, 0.29) is 34.9 Å². The minimum absolute atomic E-state index is 0.0692. The Morgan fingerprint density at radius 2 is 2.14 bits per heavy atom. The minimum Gasteiger partial charge on any atom is -0.506 e. The van der Waals surface area contributed by atoms with Gasteiger partial charge in [0.1, 0.15) is 11.6 Å². The molecule has 0 fully saturated rings. The van der Waals surface area contributed by atoms with Gasteiger partial charge in [0.15, 0.2) is 0 Å². The highest BCUT2D eigenvalue weighted by Crippen LogP contribution is 2.24. The molecule has 1 aromatic rings. The maximum absolute atomic E-state index is 12.5. The standard InChI is InChI=1S/C14H20ClN3O3/c1-9(2)8-18(6-5-13(16)17-21)14(20)10-3-4-12(19)11(15)7-10/h3-4,7,9,19,21H,5-6,8H2,1-2H3,(H2,16,17). The summed E-state index contributed by atoms with van der Waals surface area (Å²) in [6.07, 6.45) is 0.279. The number of amides is 1. The van der Waals surface area contributed by atoms with Gasteiger partial charge in [0.2, 0.25) is 0 Å². The largest absolute Gasteiger partial charge is 0.506 e. The van der Waals surface area contributed by atoms with Crippen molar-refractivity contribution in [1.29, 1.82) is 0 Å². The van der Waals surface area contributed by atoms with E-state index >= 15 is 0 Å². The molecule has 0 bridgehead atoms. The van der Waals surface area contributed by atoms with Crippen LogP contribution in [0.15, 0.2) is 23.4 Å². The number of hydrogen-bond donors (Lipinski definition) is 3. The molecule has 21 heavy (non-hydrogen) atoms. The van der Waals surface area contributed by atoms with Crippen LogP contribution in [0.1, 0.15) is 30.6 Å². The molecular formula is C14H20ClN3O3. The average molecular weight is 314 g/mol. The Bertz CT molecular complexity index is 532. The number of carbonyl (C=O) groups is 1. The van der Waals surface area contributed by atoms with Gasteiger partial charge in [-0.2, -0.15) is 0 Å². The minimum atomic E-state index is -0.212. The van der Waals surface area contributed by atoms with Crippen LogP contribution < -0.4 is 5.73 Å². The first-order valence-corrected chi connectivity index (χ1v) is 6.97. The van der Waals surface area contributed by atoms with Gasteiger partial charge in [0.25, 0.3) is 5.91 Å². The molecule has 0 aliphatic carbocycles. The van der Waals surface area contributed by atoms with Crippen molar-refractivity contribution in [1.82, 2.24) is 4.90 Å². The number of phenolic OH excluding ortho intramolecular Hbond substituents is 1. The van der Waals surface area contributed by atoms with Crippen molar-refractivity contribution in [2.75, 3.05) is 13.1 Å². The average Bonchev–Trinajstić information content (AvgIpc) is 2.44. The molecule has 1 amide bonds. The maximum atomic E-state index is 12.5. The van der Waals surface area contributed by atoms with Gasteiger partial charge in [-0.3, -0.25) is 4.79 Å². The molecular weight excluding hydrogens is 294 g/mol. The molecule has 0 saturated heterocycles. The van der Waals surface area contributed by atoms with Crippen LogP contribution in [0.2, 0.25) is 5.02 Å². The number of amidine groups is 1. The second-order valence-corrected chi connectivity index (χ2v) is 5.56. The van der Waals surface area contributed by atoms with E-state index < -0.39 is 0 Å². The van der Waals surface area contributed by atoms with Crippen molar-refractivity contribution < 1.29 is 15.1 Å². The van der Waals surface area contributed by atoms with Crippen molar-refractivity contribution in [3.05, 3.63) is 28.8 Å². The zero-order valence-electron chi connectivity index (χ0n) is 12.1. The van der Waals surface area contributed by atoms with E-state index in [0.29, 0.717) is 18.7 Å². The number of phenols is 1.